The van der Waals surface area contributed by atoms with Crippen LogP contribution in [-0.2, 0) is 0 Å². The molecule has 1 rings (SSSR count). The minimum atomic E-state index is -0.593. The van der Waals surface area contributed by atoms with Crippen LogP contribution in [0.25, 0.3) is 0 Å². The fourth-order valence-electron chi connectivity index (χ4n) is 1.59. The number of carbonyl (C=O) groups excluding carboxylic acids is 1. The Morgan fingerprint density at radius 3 is 2.62 bits per heavy atom. The van der Waals surface area contributed by atoms with Crippen LogP contribution >= 0.6 is 0 Å². The minimum Gasteiger partial charge on any atom is -0.370 e. The van der Waals surface area contributed by atoms with Crippen molar-refractivity contribution in [1.29, 1.82) is 0 Å². The number of amides is 1. The largest absolute Gasteiger partial charge is 0.370 e. The molecule has 1 aromatic rings. The van der Waals surface area contributed by atoms with Gasteiger partial charge in [0.25, 0.3) is 11.6 Å². The monoisotopic (exact) mass is 294 g/mol. The van der Waals surface area contributed by atoms with Crippen LogP contribution < -0.4 is 10.6 Å². The maximum absolute atomic E-state index is 12.3. The maximum Gasteiger partial charge on any atom is 0.300 e. The molecule has 0 bridgehead atoms. The second kappa shape index (κ2) is 7.01. The van der Waals surface area contributed by atoms with E-state index in [0.29, 0.717) is 12.4 Å². The summed E-state index contributed by atoms with van der Waals surface area (Å²) in [5.41, 5.74) is -0.692. The summed E-state index contributed by atoms with van der Waals surface area (Å²) in [5, 5.41) is 16.9. The van der Waals surface area contributed by atoms with Gasteiger partial charge in [-0.3, -0.25) is 14.9 Å². The maximum atomic E-state index is 12.3. The molecule has 0 radical (unpaired) electrons. The van der Waals surface area contributed by atoms with Crippen molar-refractivity contribution in [2.45, 2.75) is 46.1 Å². The third kappa shape index (κ3) is 4.70. The molecule has 2 N–H and O–H groups in total. The highest BCUT2D eigenvalue weighted by Crippen LogP contribution is 2.21. The molecule has 21 heavy (non-hydrogen) atoms. The van der Waals surface area contributed by atoms with Crippen molar-refractivity contribution in [3.8, 4) is 0 Å². The predicted molar refractivity (Wildman–Crippen MR) is 81.5 cm³/mol. The van der Waals surface area contributed by atoms with Gasteiger partial charge in [0.15, 0.2) is 0 Å². The Kier molecular flexibility index (Phi) is 5.63. The van der Waals surface area contributed by atoms with Gasteiger partial charge in [-0.25, -0.2) is 4.98 Å². The van der Waals surface area contributed by atoms with E-state index in [1.54, 1.807) is 0 Å². The number of pyridine rings is 1. The Morgan fingerprint density at radius 2 is 2.10 bits per heavy atom. The molecule has 0 unspecified atom stereocenters. The number of anilines is 1. The van der Waals surface area contributed by atoms with Gasteiger partial charge < -0.3 is 10.6 Å². The standard InChI is InChI=1S/C14H22N4O3/c1-5-7-15-12-8-10(11(9-16-12)18(20)21)13(19)17-14(3,4)6-2/h8-9H,5-7H2,1-4H3,(H,15,16)(H,17,19). The number of nitrogens with one attached hydrogen (secondary N) is 2. The van der Waals surface area contributed by atoms with Gasteiger partial charge in [0.05, 0.1) is 4.92 Å². The third-order valence-electron chi connectivity index (χ3n) is 3.22. The summed E-state index contributed by atoms with van der Waals surface area (Å²) in [6, 6.07) is 1.43. The molecular formula is C14H22N4O3. The normalized spacial score (nSPS) is 11.0. The number of hydrogen-bond acceptors (Lipinski definition) is 5. The fraction of sp³-hybridized carbons (Fsp3) is 0.571. The van der Waals surface area contributed by atoms with E-state index in [1.807, 2.05) is 27.7 Å². The van der Waals surface area contributed by atoms with Gasteiger partial charge >= 0.3 is 0 Å². The lowest BCUT2D eigenvalue weighted by atomic mass is 10.0. The Bertz CT molecular complexity index is 529. The van der Waals surface area contributed by atoms with Crippen molar-refractivity contribution >= 4 is 17.4 Å². The first kappa shape index (κ1) is 16.9. The lowest BCUT2D eigenvalue weighted by molar-refractivity contribution is -0.385. The van der Waals surface area contributed by atoms with Crippen LogP contribution in [0.2, 0.25) is 0 Å². The van der Waals surface area contributed by atoms with Gasteiger partial charge in [0.2, 0.25) is 0 Å². The molecule has 0 spiro atoms. The number of carbonyl (C=O) groups is 1. The molecule has 116 valence electrons. The molecule has 1 aromatic heterocycles. The number of nitro groups is 1. The molecule has 0 aromatic carbocycles. The van der Waals surface area contributed by atoms with Gasteiger partial charge in [-0.2, -0.15) is 0 Å². The summed E-state index contributed by atoms with van der Waals surface area (Å²) in [5.74, 6) is -0.00240. The van der Waals surface area contributed by atoms with Gasteiger partial charge in [-0.15, -0.1) is 0 Å². The Labute approximate surface area is 124 Å². The van der Waals surface area contributed by atoms with Gasteiger partial charge in [0.1, 0.15) is 17.6 Å². The van der Waals surface area contributed by atoms with E-state index in [9.17, 15) is 14.9 Å². The Hall–Kier alpha value is -2.18. The topological polar surface area (TPSA) is 97.2 Å². The predicted octanol–water partition coefficient (Wildman–Crippen LogP) is 2.73. The lowest BCUT2D eigenvalue weighted by Gasteiger charge is -2.24. The van der Waals surface area contributed by atoms with Crippen LogP contribution in [-0.4, -0.2) is 27.9 Å². The fourth-order valence-corrected chi connectivity index (χ4v) is 1.59. The van der Waals surface area contributed by atoms with E-state index in [0.717, 1.165) is 19.0 Å². The first-order valence-corrected chi connectivity index (χ1v) is 7.01. The summed E-state index contributed by atoms with van der Waals surface area (Å²) in [4.78, 5) is 26.7. The smallest absolute Gasteiger partial charge is 0.300 e. The number of rotatable bonds is 7. The Balaban J connectivity index is 3.11. The molecular weight excluding hydrogens is 272 g/mol. The van der Waals surface area contributed by atoms with Crippen molar-refractivity contribution in [2.75, 3.05) is 11.9 Å². The number of aromatic nitrogens is 1. The van der Waals surface area contributed by atoms with Crippen molar-refractivity contribution < 1.29 is 9.72 Å². The van der Waals surface area contributed by atoms with E-state index in [4.69, 9.17) is 0 Å². The van der Waals surface area contributed by atoms with E-state index < -0.39 is 16.4 Å². The minimum absolute atomic E-state index is 0.0233. The highest BCUT2D eigenvalue weighted by Gasteiger charge is 2.26. The zero-order chi connectivity index (χ0) is 16.0. The van der Waals surface area contributed by atoms with Crippen LogP contribution in [0.4, 0.5) is 11.5 Å². The van der Waals surface area contributed by atoms with Crippen LogP contribution in [0.15, 0.2) is 12.3 Å². The van der Waals surface area contributed by atoms with Gasteiger partial charge in [0, 0.05) is 18.2 Å². The van der Waals surface area contributed by atoms with Crippen molar-refractivity contribution in [2.24, 2.45) is 0 Å². The van der Waals surface area contributed by atoms with Crippen LogP contribution in [0.1, 0.15) is 50.9 Å². The van der Waals surface area contributed by atoms with Crippen LogP contribution in [0, 0.1) is 10.1 Å². The Morgan fingerprint density at radius 1 is 1.43 bits per heavy atom. The average molecular weight is 294 g/mol. The van der Waals surface area contributed by atoms with Crippen LogP contribution in [0.5, 0.6) is 0 Å². The zero-order valence-electron chi connectivity index (χ0n) is 12.9. The molecule has 0 aliphatic carbocycles. The molecule has 1 amide bonds. The van der Waals surface area contributed by atoms with E-state index in [2.05, 4.69) is 15.6 Å². The van der Waals surface area contributed by atoms with Gasteiger partial charge in [-0.05, 0) is 26.7 Å². The molecule has 0 atom stereocenters. The quantitative estimate of drug-likeness (QED) is 0.595. The lowest BCUT2D eigenvalue weighted by Crippen LogP contribution is -2.43. The number of hydrogen-bond donors (Lipinski definition) is 2. The highest BCUT2D eigenvalue weighted by atomic mass is 16.6. The number of nitrogens with zero attached hydrogens (tertiary/aromatic N) is 2. The van der Waals surface area contributed by atoms with Crippen molar-refractivity contribution in [3.05, 3.63) is 27.9 Å². The van der Waals surface area contributed by atoms with E-state index in [-0.39, 0.29) is 11.3 Å². The SMILES string of the molecule is CCCNc1cc(C(=O)NC(C)(C)CC)c([N+](=O)[O-])cn1. The summed E-state index contributed by atoms with van der Waals surface area (Å²) in [6.07, 6.45) is 2.73. The second-order valence-corrected chi connectivity index (χ2v) is 5.46. The molecule has 0 aliphatic heterocycles. The molecule has 7 heteroatoms. The van der Waals surface area contributed by atoms with E-state index >= 15 is 0 Å². The average Bonchev–Trinajstić information content (AvgIpc) is 2.44. The van der Waals surface area contributed by atoms with Crippen LogP contribution in [0.3, 0.4) is 0 Å². The first-order valence-electron chi connectivity index (χ1n) is 7.01. The first-order chi connectivity index (χ1) is 9.80. The highest BCUT2D eigenvalue weighted by molar-refractivity contribution is 5.99. The molecule has 0 saturated heterocycles. The molecule has 1 heterocycles. The molecule has 0 saturated carbocycles. The summed E-state index contributed by atoms with van der Waals surface area (Å²) >= 11 is 0. The summed E-state index contributed by atoms with van der Waals surface area (Å²) in [6.45, 7) is 8.36. The van der Waals surface area contributed by atoms with Crippen molar-refractivity contribution in [3.63, 3.8) is 0 Å². The van der Waals surface area contributed by atoms with E-state index in [1.165, 1.54) is 6.07 Å². The summed E-state index contributed by atoms with van der Waals surface area (Å²) in [7, 11) is 0. The molecule has 0 aliphatic rings. The zero-order valence-corrected chi connectivity index (χ0v) is 12.9. The molecule has 0 fully saturated rings. The third-order valence-corrected chi connectivity index (χ3v) is 3.22. The molecule has 7 nitrogen and oxygen atoms in total. The van der Waals surface area contributed by atoms with Crippen molar-refractivity contribution in [1.82, 2.24) is 10.3 Å². The summed E-state index contributed by atoms with van der Waals surface area (Å²) < 4.78 is 0. The second-order valence-electron chi connectivity index (χ2n) is 5.46. The van der Waals surface area contributed by atoms with Gasteiger partial charge in [-0.1, -0.05) is 13.8 Å².